The highest BCUT2D eigenvalue weighted by atomic mass is 16.5. The van der Waals surface area contributed by atoms with Crippen molar-refractivity contribution in [2.75, 3.05) is 38.6 Å². The van der Waals surface area contributed by atoms with Crippen LogP contribution in [0.25, 0.3) is 0 Å². The van der Waals surface area contributed by atoms with E-state index in [9.17, 15) is 0 Å². The first kappa shape index (κ1) is 12.2. The molecule has 1 aliphatic heterocycles. The van der Waals surface area contributed by atoms with Crippen LogP contribution in [0, 0.1) is 0 Å². The van der Waals surface area contributed by atoms with Gasteiger partial charge in [-0.05, 0) is 38.1 Å². The predicted molar refractivity (Wildman–Crippen MR) is 69.6 cm³/mol. The van der Waals surface area contributed by atoms with Crippen molar-refractivity contribution in [2.45, 2.75) is 19.3 Å². The Kier molecular flexibility index (Phi) is 4.62. The second kappa shape index (κ2) is 6.45. The molecule has 0 saturated carbocycles. The van der Waals surface area contributed by atoms with Crippen molar-refractivity contribution < 1.29 is 4.74 Å². The van der Waals surface area contributed by atoms with Gasteiger partial charge < -0.3 is 15.0 Å². The summed E-state index contributed by atoms with van der Waals surface area (Å²) in [7, 11) is 1.65. The molecular weight excluding hydrogens is 214 g/mol. The van der Waals surface area contributed by atoms with E-state index in [4.69, 9.17) is 4.74 Å². The van der Waals surface area contributed by atoms with Crippen molar-refractivity contribution in [3.8, 4) is 5.75 Å². The smallest absolute Gasteiger partial charge is 0.137 e. The van der Waals surface area contributed by atoms with Crippen molar-refractivity contribution in [2.24, 2.45) is 0 Å². The van der Waals surface area contributed by atoms with Gasteiger partial charge in [0.05, 0.1) is 13.3 Å². The molecule has 0 spiro atoms. The molecule has 2 rings (SSSR count). The summed E-state index contributed by atoms with van der Waals surface area (Å²) in [5, 5.41) is 3.33. The van der Waals surface area contributed by atoms with Crippen molar-refractivity contribution in [1.82, 2.24) is 9.88 Å². The Bertz CT molecular complexity index is 320. The number of rotatable bonds is 5. The van der Waals surface area contributed by atoms with Gasteiger partial charge in [-0.25, -0.2) is 4.98 Å². The van der Waals surface area contributed by atoms with E-state index in [0.717, 1.165) is 24.7 Å². The van der Waals surface area contributed by atoms with E-state index in [1.807, 2.05) is 12.1 Å². The Balaban J connectivity index is 1.69. The fraction of sp³-hybridized carbons (Fsp3) is 0.615. The fourth-order valence-electron chi connectivity index (χ4n) is 2.13. The average Bonchev–Trinajstić information content (AvgIpc) is 2.41. The van der Waals surface area contributed by atoms with Gasteiger partial charge in [0, 0.05) is 13.1 Å². The van der Waals surface area contributed by atoms with Crippen LogP contribution in [0.1, 0.15) is 19.3 Å². The lowest BCUT2D eigenvalue weighted by Gasteiger charge is -2.26. The second-order valence-corrected chi connectivity index (χ2v) is 4.41. The summed E-state index contributed by atoms with van der Waals surface area (Å²) >= 11 is 0. The highest BCUT2D eigenvalue weighted by Crippen LogP contribution is 2.11. The maximum atomic E-state index is 5.07. The number of aromatic nitrogens is 1. The van der Waals surface area contributed by atoms with Crippen LogP contribution in [-0.4, -0.2) is 43.2 Å². The third kappa shape index (κ3) is 3.89. The molecule has 0 unspecified atom stereocenters. The molecule has 0 amide bonds. The van der Waals surface area contributed by atoms with E-state index in [1.165, 1.54) is 32.4 Å². The largest absolute Gasteiger partial charge is 0.495 e. The van der Waals surface area contributed by atoms with Crippen LogP contribution in [0.3, 0.4) is 0 Å². The number of methoxy groups -OCH3 is 1. The van der Waals surface area contributed by atoms with Crippen molar-refractivity contribution in [3.63, 3.8) is 0 Å². The minimum atomic E-state index is 0.798. The van der Waals surface area contributed by atoms with Gasteiger partial charge in [0.15, 0.2) is 0 Å². The van der Waals surface area contributed by atoms with Crippen molar-refractivity contribution in [1.29, 1.82) is 0 Å². The highest BCUT2D eigenvalue weighted by molar-refractivity contribution is 5.37. The monoisotopic (exact) mass is 235 g/mol. The molecule has 1 aliphatic rings. The van der Waals surface area contributed by atoms with Gasteiger partial charge in [-0.3, -0.25) is 0 Å². The summed E-state index contributed by atoms with van der Waals surface area (Å²) in [6, 6.07) is 3.88. The zero-order valence-corrected chi connectivity index (χ0v) is 10.5. The molecule has 2 heterocycles. The summed E-state index contributed by atoms with van der Waals surface area (Å²) in [5.74, 6) is 1.72. The van der Waals surface area contributed by atoms with Gasteiger partial charge in [0.25, 0.3) is 0 Å². The van der Waals surface area contributed by atoms with Gasteiger partial charge in [-0.1, -0.05) is 6.42 Å². The number of nitrogens with one attached hydrogen (secondary N) is 1. The lowest BCUT2D eigenvalue weighted by atomic mass is 10.1. The Morgan fingerprint density at radius 3 is 2.76 bits per heavy atom. The maximum absolute atomic E-state index is 5.07. The number of piperidine rings is 1. The average molecular weight is 235 g/mol. The molecule has 1 aromatic heterocycles. The molecule has 4 nitrogen and oxygen atoms in total. The zero-order chi connectivity index (χ0) is 11.9. The van der Waals surface area contributed by atoms with E-state index in [-0.39, 0.29) is 0 Å². The van der Waals surface area contributed by atoms with E-state index in [2.05, 4.69) is 15.2 Å². The van der Waals surface area contributed by atoms with Gasteiger partial charge >= 0.3 is 0 Å². The summed E-state index contributed by atoms with van der Waals surface area (Å²) in [4.78, 5) is 6.79. The third-order valence-electron chi connectivity index (χ3n) is 3.15. The van der Waals surface area contributed by atoms with Gasteiger partial charge in [0.2, 0.25) is 0 Å². The first-order chi connectivity index (χ1) is 8.38. The highest BCUT2D eigenvalue weighted by Gasteiger charge is 2.08. The van der Waals surface area contributed by atoms with Crippen LogP contribution >= 0.6 is 0 Å². The molecule has 1 fully saturated rings. The minimum absolute atomic E-state index is 0.798. The zero-order valence-electron chi connectivity index (χ0n) is 10.5. The summed E-state index contributed by atoms with van der Waals surface area (Å²) < 4.78 is 5.07. The summed E-state index contributed by atoms with van der Waals surface area (Å²) in [5.41, 5.74) is 0. The molecule has 0 aliphatic carbocycles. The molecule has 1 aromatic rings. The van der Waals surface area contributed by atoms with Gasteiger partial charge in [0.1, 0.15) is 11.6 Å². The standard InChI is InChI=1S/C13H21N3O/c1-17-12-5-6-13(15-11-12)14-7-10-16-8-3-2-4-9-16/h5-6,11H,2-4,7-10H2,1H3,(H,14,15). The molecule has 1 N–H and O–H groups in total. The van der Waals surface area contributed by atoms with Crippen LogP contribution in [0.15, 0.2) is 18.3 Å². The molecule has 94 valence electrons. The maximum Gasteiger partial charge on any atom is 0.137 e. The minimum Gasteiger partial charge on any atom is -0.495 e. The number of pyridine rings is 1. The topological polar surface area (TPSA) is 37.4 Å². The molecular formula is C13H21N3O. The van der Waals surface area contributed by atoms with E-state index in [0.29, 0.717) is 0 Å². The van der Waals surface area contributed by atoms with E-state index in [1.54, 1.807) is 13.3 Å². The molecule has 0 radical (unpaired) electrons. The normalized spacial score (nSPS) is 16.8. The SMILES string of the molecule is COc1ccc(NCCN2CCCCC2)nc1. The number of anilines is 1. The predicted octanol–water partition coefficient (Wildman–Crippen LogP) is 1.99. The number of nitrogens with zero attached hydrogens (tertiary/aromatic N) is 2. The number of ether oxygens (including phenoxy) is 1. The molecule has 4 heteroatoms. The van der Waals surface area contributed by atoms with Crippen molar-refractivity contribution >= 4 is 5.82 Å². The van der Waals surface area contributed by atoms with Gasteiger partial charge in [-0.15, -0.1) is 0 Å². The van der Waals surface area contributed by atoms with E-state index >= 15 is 0 Å². The van der Waals surface area contributed by atoms with E-state index < -0.39 is 0 Å². The quantitative estimate of drug-likeness (QED) is 0.847. The Hall–Kier alpha value is -1.29. The second-order valence-electron chi connectivity index (χ2n) is 4.41. The van der Waals surface area contributed by atoms with Gasteiger partial charge in [-0.2, -0.15) is 0 Å². The van der Waals surface area contributed by atoms with Crippen LogP contribution < -0.4 is 10.1 Å². The Morgan fingerprint density at radius 1 is 1.29 bits per heavy atom. The Morgan fingerprint density at radius 2 is 2.12 bits per heavy atom. The first-order valence-corrected chi connectivity index (χ1v) is 6.35. The first-order valence-electron chi connectivity index (χ1n) is 6.35. The van der Waals surface area contributed by atoms with Crippen LogP contribution in [-0.2, 0) is 0 Å². The fourth-order valence-corrected chi connectivity index (χ4v) is 2.13. The lowest BCUT2D eigenvalue weighted by Crippen LogP contribution is -2.33. The molecule has 0 atom stereocenters. The van der Waals surface area contributed by atoms with Crippen LogP contribution in [0.2, 0.25) is 0 Å². The molecule has 0 bridgehead atoms. The molecule has 0 aromatic carbocycles. The van der Waals surface area contributed by atoms with Crippen molar-refractivity contribution in [3.05, 3.63) is 18.3 Å². The van der Waals surface area contributed by atoms with Crippen LogP contribution in [0.5, 0.6) is 5.75 Å². The molecule has 1 saturated heterocycles. The number of likely N-dealkylation sites (tertiary alicyclic amines) is 1. The molecule has 17 heavy (non-hydrogen) atoms. The lowest BCUT2D eigenvalue weighted by molar-refractivity contribution is 0.237. The summed E-state index contributed by atoms with van der Waals surface area (Å²) in [6.45, 7) is 4.56. The summed E-state index contributed by atoms with van der Waals surface area (Å²) in [6.07, 6.45) is 5.83. The Labute approximate surface area is 103 Å². The third-order valence-corrected chi connectivity index (χ3v) is 3.15. The van der Waals surface area contributed by atoms with Crippen LogP contribution in [0.4, 0.5) is 5.82 Å². The number of hydrogen-bond donors (Lipinski definition) is 1. The number of hydrogen-bond acceptors (Lipinski definition) is 4.